The highest BCUT2D eigenvalue weighted by Gasteiger charge is 2.26. The fraction of sp³-hybridized carbons (Fsp3) is 0.286. The molecule has 1 aromatic heterocycles. The molecule has 0 radical (unpaired) electrons. The molecule has 7 heteroatoms. The largest absolute Gasteiger partial charge is 0.481 e. The first-order valence-electron chi connectivity index (χ1n) is 14.3. The number of carboxylic acid groups (broad SMARTS) is 1. The van der Waals surface area contributed by atoms with Crippen molar-refractivity contribution in [3.63, 3.8) is 0 Å². The van der Waals surface area contributed by atoms with E-state index in [1.807, 2.05) is 93.6 Å². The number of aromatic nitrogens is 1. The Morgan fingerprint density at radius 2 is 1.55 bits per heavy atom. The summed E-state index contributed by atoms with van der Waals surface area (Å²) in [4.78, 5) is 39.4. The molecular weight excluding hydrogens is 548 g/mol. The Bertz CT molecular complexity index is 1590. The molecular formula is C35H37ClN2O4. The van der Waals surface area contributed by atoms with Crippen LogP contribution in [0.5, 0.6) is 0 Å². The lowest BCUT2D eigenvalue weighted by molar-refractivity contribution is -0.137. The second-order valence-corrected chi connectivity index (χ2v) is 11.2. The highest BCUT2D eigenvalue weighted by Crippen LogP contribution is 2.26. The Labute approximate surface area is 252 Å². The molecule has 0 aliphatic rings. The van der Waals surface area contributed by atoms with Crippen LogP contribution in [0, 0.1) is 13.8 Å². The highest BCUT2D eigenvalue weighted by atomic mass is 35.5. The lowest BCUT2D eigenvalue weighted by Crippen LogP contribution is -2.40. The van der Waals surface area contributed by atoms with E-state index in [0.717, 1.165) is 35.1 Å². The summed E-state index contributed by atoms with van der Waals surface area (Å²) in [5.74, 6) is -1.41. The topological polar surface area (TPSA) is 88.4 Å². The minimum Gasteiger partial charge on any atom is -0.481 e. The van der Waals surface area contributed by atoms with Crippen molar-refractivity contribution < 1.29 is 14.7 Å². The molecule has 4 rings (SSSR count). The lowest BCUT2D eigenvalue weighted by Gasteiger charge is -2.25. The average molecular weight is 585 g/mol. The molecule has 0 fully saturated rings. The Morgan fingerprint density at radius 1 is 0.905 bits per heavy atom. The minimum atomic E-state index is -1.03. The first kappa shape index (κ1) is 30.8. The molecule has 1 heterocycles. The predicted molar refractivity (Wildman–Crippen MR) is 168 cm³/mol. The second kappa shape index (κ2) is 14.1. The Hall–Kier alpha value is -4.16. The Morgan fingerprint density at radius 3 is 2.17 bits per heavy atom. The zero-order valence-electron chi connectivity index (χ0n) is 24.3. The Kier molecular flexibility index (Phi) is 10.4. The SMILES string of the molecule is CCCC[C@H](C(=O)N[C@@H](CC(=O)O)c1ccc(-c2ccc(C)cc2)cc1)n1cc(C)cc(Cc2ccccc2Cl)c1=O. The fourth-order valence-electron chi connectivity index (χ4n) is 5.17. The number of unbranched alkanes of at least 4 members (excludes halogenated alkanes) is 1. The molecule has 42 heavy (non-hydrogen) atoms. The van der Waals surface area contributed by atoms with Gasteiger partial charge in [-0.15, -0.1) is 0 Å². The van der Waals surface area contributed by atoms with E-state index in [0.29, 0.717) is 29.0 Å². The number of amides is 1. The number of hydrogen-bond donors (Lipinski definition) is 2. The van der Waals surface area contributed by atoms with Crippen molar-refractivity contribution in [1.29, 1.82) is 0 Å². The van der Waals surface area contributed by atoms with E-state index in [9.17, 15) is 19.5 Å². The number of nitrogens with one attached hydrogen (secondary N) is 1. The molecule has 0 saturated carbocycles. The number of carboxylic acids is 1. The average Bonchev–Trinajstić information content (AvgIpc) is 2.96. The number of aryl methyl sites for hydroxylation is 2. The molecule has 0 aliphatic carbocycles. The monoisotopic (exact) mass is 584 g/mol. The summed E-state index contributed by atoms with van der Waals surface area (Å²) >= 11 is 6.37. The summed E-state index contributed by atoms with van der Waals surface area (Å²) in [6, 6.07) is 23.4. The van der Waals surface area contributed by atoms with Crippen molar-refractivity contribution in [2.75, 3.05) is 0 Å². The van der Waals surface area contributed by atoms with Gasteiger partial charge < -0.3 is 15.0 Å². The maximum atomic E-state index is 13.8. The number of nitrogens with zero attached hydrogens (tertiary/aromatic N) is 1. The van der Waals surface area contributed by atoms with E-state index in [4.69, 9.17) is 11.6 Å². The maximum absolute atomic E-state index is 13.8. The molecule has 2 atom stereocenters. The predicted octanol–water partition coefficient (Wildman–Crippen LogP) is 7.44. The molecule has 0 bridgehead atoms. The molecule has 0 saturated heterocycles. The summed E-state index contributed by atoms with van der Waals surface area (Å²) in [5.41, 5.74) is 5.88. The van der Waals surface area contributed by atoms with Crippen LogP contribution in [-0.4, -0.2) is 21.6 Å². The van der Waals surface area contributed by atoms with Crippen molar-refractivity contribution in [2.24, 2.45) is 0 Å². The van der Waals surface area contributed by atoms with Gasteiger partial charge in [0.2, 0.25) is 5.91 Å². The minimum absolute atomic E-state index is 0.256. The van der Waals surface area contributed by atoms with Crippen LogP contribution >= 0.6 is 11.6 Å². The van der Waals surface area contributed by atoms with Crippen LogP contribution < -0.4 is 10.9 Å². The third-order valence-electron chi connectivity index (χ3n) is 7.46. The number of hydrogen-bond acceptors (Lipinski definition) is 3. The lowest BCUT2D eigenvalue weighted by atomic mass is 9.98. The standard InChI is InChI=1S/C35H37ClN2O4/c1-4-5-10-32(38-22-24(3)19-29(35(38)42)20-28-8-6-7-9-30(28)36)34(41)37-31(21-33(39)40)27-17-15-26(16-18-27)25-13-11-23(2)12-14-25/h6-9,11-19,22,31-32H,4-5,10,20-21H2,1-3H3,(H,37,41)(H,39,40)/t31-,32+/m0/s1. The molecule has 0 aliphatic heterocycles. The van der Waals surface area contributed by atoms with Crippen molar-refractivity contribution in [3.8, 4) is 11.1 Å². The van der Waals surface area contributed by atoms with E-state index in [2.05, 4.69) is 5.32 Å². The van der Waals surface area contributed by atoms with Gasteiger partial charge in [-0.2, -0.15) is 0 Å². The van der Waals surface area contributed by atoms with Crippen LogP contribution in [0.4, 0.5) is 0 Å². The third kappa shape index (κ3) is 7.77. The number of carbonyl (C=O) groups excluding carboxylic acids is 1. The van der Waals surface area contributed by atoms with E-state index in [1.165, 1.54) is 10.1 Å². The summed E-state index contributed by atoms with van der Waals surface area (Å²) in [7, 11) is 0. The maximum Gasteiger partial charge on any atom is 0.305 e. The molecule has 2 N–H and O–H groups in total. The van der Waals surface area contributed by atoms with Gasteiger partial charge in [0.05, 0.1) is 12.5 Å². The quantitative estimate of drug-likeness (QED) is 0.181. The smallest absolute Gasteiger partial charge is 0.305 e. The van der Waals surface area contributed by atoms with Gasteiger partial charge in [-0.1, -0.05) is 104 Å². The van der Waals surface area contributed by atoms with Crippen molar-refractivity contribution >= 4 is 23.5 Å². The summed E-state index contributed by atoms with van der Waals surface area (Å²) in [5, 5.41) is 13.2. The van der Waals surface area contributed by atoms with Crippen molar-refractivity contribution in [3.05, 3.63) is 128 Å². The van der Waals surface area contributed by atoms with Gasteiger partial charge in [0.1, 0.15) is 6.04 Å². The van der Waals surface area contributed by atoms with Crippen LogP contribution in [0.25, 0.3) is 11.1 Å². The first-order valence-corrected chi connectivity index (χ1v) is 14.7. The molecule has 218 valence electrons. The molecule has 3 aromatic carbocycles. The summed E-state index contributed by atoms with van der Waals surface area (Å²) < 4.78 is 1.50. The Balaban J connectivity index is 1.64. The zero-order chi connectivity index (χ0) is 30.2. The molecule has 6 nitrogen and oxygen atoms in total. The van der Waals surface area contributed by atoms with Gasteiger partial charge in [-0.3, -0.25) is 14.4 Å². The van der Waals surface area contributed by atoms with E-state index in [1.54, 1.807) is 12.3 Å². The number of carbonyl (C=O) groups is 2. The van der Waals surface area contributed by atoms with Gasteiger partial charge >= 0.3 is 5.97 Å². The van der Waals surface area contributed by atoms with Crippen LogP contribution in [0.15, 0.2) is 89.9 Å². The van der Waals surface area contributed by atoms with Gasteiger partial charge in [0.25, 0.3) is 5.56 Å². The van der Waals surface area contributed by atoms with Crippen LogP contribution in [0.3, 0.4) is 0 Å². The first-order chi connectivity index (χ1) is 20.2. The summed E-state index contributed by atoms with van der Waals surface area (Å²) in [6.45, 7) is 5.95. The molecule has 4 aromatic rings. The molecule has 0 unspecified atom stereocenters. The third-order valence-corrected chi connectivity index (χ3v) is 7.82. The van der Waals surface area contributed by atoms with Gasteiger partial charge in [-0.25, -0.2) is 0 Å². The summed E-state index contributed by atoms with van der Waals surface area (Å²) in [6.07, 6.45) is 3.79. The number of halogens is 1. The van der Waals surface area contributed by atoms with Crippen molar-refractivity contribution in [2.45, 2.75) is 65.0 Å². The van der Waals surface area contributed by atoms with Gasteiger partial charge in [-0.05, 0) is 60.2 Å². The number of pyridine rings is 1. The normalized spacial score (nSPS) is 12.5. The van der Waals surface area contributed by atoms with Crippen molar-refractivity contribution in [1.82, 2.24) is 9.88 Å². The van der Waals surface area contributed by atoms with Crippen LogP contribution in [0.2, 0.25) is 5.02 Å². The highest BCUT2D eigenvalue weighted by molar-refractivity contribution is 6.31. The van der Waals surface area contributed by atoms with E-state index in [-0.39, 0.29) is 17.9 Å². The number of benzene rings is 3. The van der Waals surface area contributed by atoms with E-state index >= 15 is 0 Å². The van der Waals surface area contributed by atoms with Gasteiger partial charge in [0, 0.05) is 23.2 Å². The zero-order valence-corrected chi connectivity index (χ0v) is 25.0. The second-order valence-electron chi connectivity index (χ2n) is 10.8. The fourth-order valence-corrected chi connectivity index (χ4v) is 5.37. The molecule has 1 amide bonds. The molecule has 0 spiro atoms. The van der Waals surface area contributed by atoms with Gasteiger partial charge in [0.15, 0.2) is 0 Å². The van der Waals surface area contributed by atoms with Crippen LogP contribution in [-0.2, 0) is 16.0 Å². The number of aliphatic carboxylic acids is 1. The van der Waals surface area contributed by atoms with Crippen LogP contribution in [0.1, 0.15) is 72.5 Å². The number of rotatable bonds is 12. The van der Waals surface area contributed by atoms with E-state index < -0.39 is 18.1 Å².